The van der Waals surface area contributed by atoms with Gasteiger partial charge in [-0.3, -0.25) is 9.59 Å². The number of fused-ring (bicyclic) bond motifs is 3. The van der Waals surface area contributed by atoms with Crippen molar-refractivity contribution < 1.29 is 52.0 Å². The number of carbonyl (C=O) groups is 3. The predicted octanol–water partition coefficient (Wildman–Crippen LogP) is 4.75. The minimum atomic E-state index is -1.44. The molecular formula is C38H36N2O11. The number of aliphatic hydroxyl groups excluding tert-OH is 1. The van der Waals surface area contributed by atoms with E-state index in [0.29, 0.717) is 34.0 Å². The number of hydrogen-bond donors (Lipinski definition) is 1. The van der Waals surface area contributed by atoms with Crippen molar-refractivity contribution in [3.05, 3.63) is 108 Å². The average molecular weight is 697 g/mol. The maximum atomic E-state index is 14.1. The van der Waals surface area contributed by atoms with E-state index in [1.165, 1.54) is 7.11 Å². The molecule has 13 nitrogen and oxygen atoms in total. The minimum absolute atomic E-state index is 0.0868. The molecule has 0 radical (unpaired) electrons. The van der Waals surface area contributed by atoms with Crippen LogP contribution in [0.5, 0.6) is 0 Å². The van der Waals surface area contributed by atoms with Crippen molar-refractivity contribution in [2.45, 2.75) is 56.4 Å². The molecule has 0 spiro atoms. The smallest absolute Gasteiger partial charge is 0.338 e. The van der Waals surface area contributed by atoms with E-state index in [-0.39, 0.29) is 31.2 Å². The maximum Gasteiger partial charge on any atom is 0.338 e. The monoisotopic (exact) mass is 696 g/mol. The van der Waals surface area contributed by atoms with Crippen molar-refractivity contribution in [2.24, 2.45) is 11.8 Å². The Morgan fingerprint density at radius 2 is 1.29 bits per heavy atom. The largest absolute Gasteiger partial charge is 0.454 e. The van der Waals surface area contributed by atoms with Crippen molar-refractivity contribution in [3.8, 4) is 0 Å². The second kappa shape index (κ2) is 15.3. The topological polar surface area (TPSA) is 170 Å². The molecule has 1 N–H and O–H groups in total. The van der Waals surface area contributed by atoms with E-state index in [2.05, 4.69) is 9.97 Å². The number of aliphatic hydroxyl groups is 1. The van der Waals surface area contributed by atoms with Crippen LogP contribution in [-0.2, 0) is 46.1 Å². The Morgan fingerprint density at radius 3 is 1.82 bits per heavy atom. The van der Waals surface area contributed by atoms with Gasteiger partial charge in [-0.1, -0.05) is 54.6 Å². The van der Waals surface area contributed by atoms with Gasteiger partial charge in [0.15, 0.2) is 47.5 Å². The van der Waals surface area contributed by atoms with Gasteiger partial charge in [-0.25, -0.2) is 14.8 Å². The van der Waals surface area contributed by atoms with E-state index >= 15 is 0 Å². The molecule has 1 fully saturated rings. The molecule has 51 heavy (non-hydrogen) atoms. The fourth-order valence-electron chi connectivity index (χ4n) is 6.33. The Hall–Kier alpha value is -5.37. The number of carbonyl (C=O) groups excluding carboxylic acids is 3. The molecule has 2 aromatic heterocycles. The average Bonchev–Trinajstić information content (AvgIpc) is 3.76. The van der Waals surface area contributed by atoms with Crippen LogP contribution in [0.2, 0.25) is 0 Å². The number of rotatable bonds is 8. The Labute approximate surface area is 292 Å². The Morgan fingerprint density at radius 1 is 0.765 bits per heavy atom. The van der Waals surface area contributed by atoms with Crippen LogP contribution >= 0.6 is 0 Å². The van der Waals surface area contributed by atoms with Gasteiger partial charge in [0.2, 0.25) is 0 Å². The summed E-state index contributed by atoms with van der Waals surface area (Å²) >= 11 is 0. The number of para-hydroxylation sites is 4. The third-order valence-electron chi connectivity index (χ3n) is 8.95. The van der Waals surface area contributed by atoms with Crippen LogP contribution < -0.4 is 0 Å². The highest BCUT2D eigenvalue weighted by Crippen LogP contribution is 2.33. The standard InChI is InChI=1S/C38H36N2O11/c1-45-38-34-33(32(29(21-41)48-38)49-35(42)22-11-3-2-4-12-22)50-36(43)23(19-30-39-25-15-7-9-17-27(25)46-30)13-5-6-14-24(37(44)51-34)20-31-40-26-16-8-10-18-28(26)47-31/h2-12,15-18,23-24,29,32-34,38,41H,13-14,19-21H2,1H3/t23-,24-,29+,32-,33-,34+,38-/m0/s1. The minimum Gasteiger partial charge on any atom is -0.454 e. The number of allylic oxidation sites excluding steroid dienone is 2. The molecule has 2 aliphatic rings. The van der Waals surface area contributed by atoms with Gasteiger partial charge in [0.25, 0.3) is 0 Å². The molecule has 0 amide bonds. The van der Waals surface area contributed by atoms with Gasteiger partial charge in [0.05, 0.1) is 24.0 Å². The maximum absolute atomic E-state index is 14.1. The van der Waals surface area contributed by atoms with Crippen LogP contribution in [0.1, 0.15) is 35.0 Å². The molecule has 0 unspecified atom stereocenters. The van der Waals surface area contributed by atoms with E-state index < -0.39 is 67.1 Å². The zero-order chi connectivity index (χ0) is 35.3. The summed E-state index contributed by atoms with van der Waals surface area (Å²) in [7, 11) is 1.33. The molecular weight excluding hydrogens is 660 g/mol. The number of ether oxygens (including phenoxy) is 5. The molecule has 4 heterocycles. The lowest BCUT2D eigenvalue weighted by Gasteiger charge is -2.44. The van der Waals surface area contributed by atoms with Gasteiger partial charge >= 0.3 is 17.9 Å². The fourth-order valence-corrected chi connectivity index (χ4v) is 6.33. The summed E-state index contributed by atoms with van der Waals surface area (Å²) in [5.74, 6) is -3.03. The van der Waals surface area contributed by atoms with Crippen molar-refractivity contribution in [2.75, 3.05) is 13.7 Å². The number of benzene rings is 3. The zero-order valence-corrected chi connectivity index (χ0v) is 27.7. The second-order valence-electron chi connectivity index (χ2n) is 12.4. The van der Waals surface area contributed by atoms with E-state index in [0.717, 1.165) is 0 Å². The first-order chi connectivity index (χ1) is 24.9. The molecule has 1 saturated heterocycles. The molecule has 5 aromatic rings. The van der Waals surface area contributed by atoms with Crippen molar-refractivity contribution in [3.63, 3.8) is 0 Å². The Kier molecular flexibility index (Phi) is 10.2. The van der Waals surface area contributed by atoms with Crippen LogP contribution in [-0.4, -0.2) is 77.4 Å². The summed E-state index contributed by atoms with van der Waals surface area (Å²) in [6, 6.07) is 22.7. The first-order valence-electron chi connectivity index (χ1n) is 16.7. The molecule has 0 bridgehead atoms. The number of nitrogens with zero attached hydrogens (tertiary/aromatic N) is 2. The van der Waals surface area contributed by atoms with Crippen LogP contribution in [0.15, 0.2) is 99.8 Å². The highest BCUT2D eigenvalue weighted by Gasteiger charge is 2.53. The van der Waals surface area contributed by atoms with E-state index in [1.54, 1.807) is 54.6 Å². The third-order valence-corrected chi connectivity index (χ3v) is 8.95. The Balaban J connectivity index is 1.24. The van der Waals surface area contributed by atoms with Gasteiger partial charge in [-0.2, -0.15) is 0 Å². The summed E-state index contributed by atoms with van der Waals surface area (Å²) < 4.78 is 41.5. The SMILES string of the molecule is CO[C@H]1O[C@H](CO)[C@H](OC(=O)c2ccccc2)[C@@H]2OC(=O)[C@H](Cc3nc4ccccc4o3)CC=CC[C@@H](Cc3nc4ccccc4o3)C(=O)O[C@@H]12. The number of esters is 3. The molecule has 264 valence electrons. The summed E-state index contributed by atoms with van der Waals surface area (Å²) in [6.07, 6.45) is -2.51. The number of methoxy groups -OCH3 is 1. The first kappa shape index (κ1) is 34.1. The first-order valence-corrected chi connectivity index (χ1v) is 16.7. The molecule has 2 aliphatic heterocycles. The normalized spacial score (nSPS) is 25.7. The lowest BCUT2D eigenvalue weighted by molar-refractivity contribution is -0.301. The number of aromatic nitrogens is 2. The van der Waals surface area contributed by atoms with Gasteiger partial charge in [0.1, 0.15) is 17.1 Å². The summed E-state index contributed by atoms with van der Waals surface area (Å²) in [5.41, 5.74) is 2.66. The van der Waals surface area contributed by atoms with Crippen LogP contribution in [0.4, 0.5) is 0 Å². The van der Waals surface area contributed by atoms with E-state index in [9.17, 15) is 19.5 Å². The third kappa shape index (κ3) is 7.55. The Bertz CT molecular complexity index is 1960. The van der Waals surface area contributed by atoms with E-state index in [4.69, 9.17) is 32.5 Å². The van der Waals surface area contributed by atoms with Crippen molar-refractivity contribution in [1.82, 2.24) is 9.97 Å². The number of oxazole rings is 2. The quantitative estimate of drug-likeness (QED) is 0.134. The lowest BCUT2D eigenvalue weighted by atomic mass is 9.95. The molecule has 3 aromatic carbocycles. The van der Waals surface area contributed by atoms with Crippen LogP contribution in [0.25, 0.3) is 22.2 Å². The molecule has 0 saturated carbocycles. The highest BCUT2D eigenvalue weighted by atomic mass is 16.7. The molecule has 7 atom stereocenters. The highest BCUT2D eigenvalue weighted by molar-refractivity contribution is 5.89. The van der Waals surface area contributed by atoms with Gasteiger partial charge in [-0.15, -0.1) is 0 Å². The van der Waals surface area contributed by atoms with Gasteiger partial charge in [-0.05, 0) is 49.2 Å². The van der Waals surface area contributed by atoms with Gasteiger partial charge < -0.3 is 37.6 Å². The van der Waals surface area contributed by atoms with Crippen molar-refractivity contribution >= 4 is 40.1 Å². The molecule has 7 rings (SSSR count). The predicted molar refractivity (Wildman–Crippen MR) is 179 cm³/mol. The van der Waals surface area contributed by atoms with Crippen LogP contribution in [0.3, 0.4) is 0 Å². The van der Waals surface area contributed by atoms with Gasteiger partial charge in [0, 0.05) is 20.0 Å². The number of hydrogen-bond acceptors (Lipinski definition) is 13. The van der Waals surface area contributed by atoms with Crippen LogP contribution in [0, 0.1) is 11.8 Å². The fraction of sp³-hybridized carbons (Fsp3) is 0.342. The van der Waals surface area contributed by atoms with E-state index in [1.807, 2.05) is 36.4 Å². The van der Waals surface area contributed by atoms with Crippen molar-refractivity contribution in [1.29, 1.82) is 0 Å². The lowest BCUT2D eigenvalue weighted by Crippen LogP contribution is -2.63. The summed E-state index contributed by atoms with van der Waals surface area (Å²) in [5, 5.41) is 10.4. The second-order valence-corrected chi connectivity index (χ2v) is 12.4. The molecule has 13 heteroatoms. The summed E-state index contributed by atoms with van der Waals surface area (Å²) in [6.45, 7) is -0.628. The molecule has 0 aliphatic carbocycles. The summed E-state index contributed by atoms with van der Waals surface area (Å²) in [4.78, 5) is 50.5. The zero-order valence-electron chi connectivity index (χ0n) is 27.7.